The molecule has 4 rings (SSSR count). The molecule has 1 spiro atoms. The number of nitrogens with zero attached hydrogens (tertiary/aromatic N) is 2. The molecule has 8 heteroatoms. The number of carbonyl (C=O) groups is 3. The molecule has 2 saturated heterocycles. The van der Waals surface area contributed by atoms with Gasteiger partial charge in [-0.05, 0) is 39.5 Å². The number of aliphatic hydroxyl groups is 1. The third-order valence-corrected chi connectivity index (χ3v) is 9.98. The maximum atomic E-state index is 14.3. The van der Waals surface area contributed by atoms with Crippen molar-refractivity contribution in [3.05, 3.63) is 24.3 Å². The molecule has 4 aliphatic heterocycles. The monoisotopic (exact) mass is 490 g/mol. The van der Waals surface area contributed by atoms with E-state index in [0.717, 1.165) is 19.3 Å². The quantitative estimate of drug-likeness (QED) is 0.471. The van der Waals surface area contributed by atoms with Gasteiger partial charge in [-0.2, -0.15) is 0 Å². The highest BCUT2D eigenvalue weighted by atomic mass is 32.2. The van der Waals surface area contributed by atoms with Crippen LogP contribution in [0.15, 0.2) is 24.3 Å². The molecule has 188 valence electrons. The van der Waals surface area contributed by atoms with Crippen LogP contribution < -0.4 is 0 Å². The van der Waals surface area contributed by atoms with Gasteiger partial charge in [0.1, 0.15) is 6.04 Å². The van der Waals surface area contributed by atoms with Gasteiger partial charge in [0.2, 0.25) is 11.8 Å². The van der Waals surface area contributed by atoms with Crippen molar-refractivity contribution in [2.75, 3.05) is 19.8 Å². The van der Waals surface area contributed by atoms with Gasteiger partial charge >= 0.3 is 5.97 Å². The number of rotatable bonds is 5. The zero-order valence-corrected chi connectivity index (χ0v) is 21.7. The van der Waals surface area contributed by atoms with Crippen LogP contribution in [0.5, 0.6) is 0 Å². The number of ether oxygens (including phenoxy) is 1. The number of hydrogen-bond donors (Lipinski definition) is 1. The number of aliphatic hydroxyl groups excluding tert-OH is 1. The zero-order chi connectivity index (χ0) is 24.8. The van der Waals surface area contributed by atoms with Crippen molar-refractivity contribution in [3.63, 3.8) is 0 Å². The normalized spacial score (nSPS) is 38.3. The second kappa shape index (κ2) is 9.34. The Morgan fingerprint density at radius 2 is 1.88 bits per heavy atom. The van der Waals surface area contributed by atoms with Crippen molar-refractivity contribution in [2.24, 2.45) is 17.8 Å². The number of likely N-dealkylation sites (tertiary alicyclic amines) is 1. The van der Waals surface area contributed by atoms with Gasteiger partial charge in [0.05, 0.1) is 35.8 Å². The number of amides is 2. The van der Waals surface area contributed by atoms with Gasteiger partial charge in [0.25, 0.3) is 0 Å². The molecular formula is C26H38N2O5S. The highest BCUT2D eigenvalue weighted by Crippen LogP contribution is 2.65. The molecule has 34 heavy (non-hydrogen) atoms. The predicted octanol–water partition coefficient (Wildman–Crippen LogP) is 2.78. The molecule has 0 bridgehead atoms. The Morgan fingerprint density at radius 3 is 2.53 bits per heavy atom. The highest BCUT2D eigenvalue weighted by Gasteiger charge is 2.74. The smallest absolute Gasteiger partial charge is 0.311 e. The lowest BCUT2D eigenvalue weighted by Crippen LogP contribution is -2.58. The second-order valence-electron chi connectivity index (χ2n) is 10.6. The van der Waals surface area contributed by atoms with Gasteiger partial charge in [0, 0.05) is 17.3 Å². The molecule has 0 aromatic heterocycles. The number of esters is 1. The van der Waals surface area contributed by atoms with Crippen LogP contribution in [0.3, 0.4) is 0 Å². The molecule has 1 unspecified atom stereocenters. The topological polar surface area (TPSA) is 87.2 Å². The molecule has 4 heterocycles. The molecule has 0 radical (unpaired) electrons. The minimum atomic E-state index is -0.902. The fourth-order valence-electron chi connectivity index (χ4n) is 6.23. The number of fused-ring (bicyclic) bond motifs is 2. The van der Waals surface area contributed by atoms with E-state index in [-0.39, 0.29) is 36.4 Å². The fourth-order valence-corrected chi connectivity index (χ4v) is 8.37. The maximum absolute atomic E-state index is 14.3. The summed E-state index contributed by atoms with van der Waals surface area (Å²) in [5.41, 5.74) is 0. The SMILES string of the molecule is CC[C@H](C)[C@H](CO)N1C(=O)[C@@H]2[C@@H]3C(=O)OCCC/C=C\[C@]3(C)S[C@@]23C=CCN(C(C)C)C(=O)C13. The van der Waals surface area contributed by atoms with Crippen molar-refractivity contribution in [2.45, 2.75) is 81.5 Å². The molecular weight excluding hydrogens is 452 g/mol. The molecule has 0 saturated carbocycles. The van der Waals surface area contributed by atoms with Crippen LogP contribution in [0, 0.1) is 17.8 Å². The summed E-state index contributed by atoms with van der Waals surface area (Å²) in [6.45, 7) is 10.5. The van der Waals surface area contributed by atoms with E-state index < -0.39 is 33.4 Å². The van der Waals surface area contributed by atoms with Gasteiger partial charge in [-0.15, -0.1) is 11.8 Å². The van der Waals surface area contributed by atoms with Crippen molar-refractivity contribution >= 4 is 29.5 Å². The minimum absolute atomic E-state index is 0.00104. The first-order chi connectivity index (χ1) is 16.1. The second-order valence-corrected chi connectivity index (χ2v) is 12.4. The van der Waals surface area contributed by atoms with Gasteiger partial charge in [0.15, 0.2) is 0 Å². The van der Waals surface area contributed by atoms with Crippen molar-refractivity contribution in [1.82, 2.24) is 9.80 Å². The summed E-state index contributed by atoms with van der Waals surface area (Å²) >= 11 is 1.55. The molecule has 2 fully saturated rings. The van der Waals surface area contributed by atoms with Gasteiger partial charge in [-0.25, -0.2) is 0 Å². The Kier molecular flexibility index (Phi) is 6.95. The fraction of sp³-hybridized carbons (Fsp3) is 0.731. The van der Waals surface area contributed by atoms with Crippen LogP contribution in [-0.4, -0.2) is 80.1 Å². The molecule has 4 aliphatic rings. The van der Waals surface area contributed by atoms with Crippen molar-refractivity contribution in [3.8, 4) is 0 Å². The zero-order valence-electron chi connectivity index (χ0n) is 20.9. The lowest BCUT2D eigenvalue weighted by Gasteiger charge is -2.42. The van der Waals surface area contributed by atoms with Crippen molar-refractivity contribution < 1.29 is 24.2 Å². The van der Waals surface area contributed by atoms with E-state index in [2.05, 4.69) is 12.2 Å². The van der Waals surface area contributed by atoms with E-state index >= 15 is 0 Å². The van der Waals surface area contributed by atoms with E-state index in [1.807, 2.05) is 46.8 Å². The first-order valence-corrected chi connectivity index (χ1v) is 13.4. The third-order valence-electron chi connectivity index (χ3n) is 8.19. The van der Waals surface area contributed by atoms with E-state index in [1.165, 1.54) is 0 Å². The molecule has 2 amide bonds. The third kappa shape index (κ3) is 3.72. The number of carbonyl (C=O) groups excluding carboxylic acids is 3. The summed E-state index contributed by atoms with van der Waals surface area (Å²) in [5, 5.41) is 10.4. The summed E-state index contributed by atoms with van der Waals surface area (Å²) in [6, 6.07) is -1.32. The van der Waals surface area contributed by atoms with E-state index in [0.29, 0.717) is 13.2 Å². The Labute approximate surface area is 206 Å². The number of cyclic esters (lactones) is 1. The highest BCUT2D eigenvalue weighted by molar-refractivity contribution is 8.02. The van der Waals surface area contributed by atoms with Gasteiger partial charge in [-0.3, -0.25) is 14.4 Å². The summed E-state index contributed by atoms with van der Waals surface area (Å²) in [7, 11) is 0. The van der Waals surface area contributed by atoms with Crippen LogP contribution in [-0.2, 0) is 19.1 Å². The van der Waals surface area contributed by atoms with Crippen LogP contribution in [0.1, 0.15) is 53.9 Å². The van der Waals surface area contributed by atoms with E-state index in [9.17, 15) is 19.5 Å². The first kappa shape index (κ1) is 25.3. The minimum Gasteiger partial charge on any atom is -0.465 e. The van der Waals surface area contributed by atoms with Crippen molar-refractivity contribution in [1.29, 1.82) is 0 Å². The Morgan fingerprint density at radius 1 is 1.15 bits per heavy atom. The van der Waals surface area contributed by atoms with Gasteiger partial charge in [-0.1, -0.05) is 44.6 Å². The molecule has 7 atom stereocenters. The summed E-state index contributed by atoms with van der Waals surface area (Å²) in [5.74, 6) is -2.14. The van der Waals surface area contributed by atoms with Crippen LogP contribution in [0.4, 0.5) is 0 Å². The maximum Gasteiger partial charge on any atom is 0.311 e. The van der Waals surface area contributed by atoms with E-state index in [4.69, 9.17) is 4.74 Å². The number of allylic oxidation sites excluding steroid dienone is 1. The average molecular weight is 491 g/mol. The number of hydrogen-bond acceptors (Lipinski definition) is 6. The summed E-state index contributed by atoms with van der Waals surface area (Å²) < 4.78 is 4.08. The largest absolute Gasteiger partial charge is 0.465 e. The summed E-state index contributed by atoms with van der Waals surface area (Å²) in [4.78, 5) is 45.3. The molecule has 1 N–H and O–H groups in total. The first-order valence-electron chi connectivity index (χ1n) is 12.6. The Bertz CT molecular complexity index is 904. The standard InChI is InChI=1S/C26H38N2O5S/c1-6-17(4)18(15-29)28-21-23(31)27(16(2)3)13-10-12-26(21)19(22(28)30)20-24(32)33-14-9-7-8-11-25(20,5)34-26/h8,10-12,16-21,29H,6-7,9,13-15H2,1-5H3/b11-8-/t17-,18-,19-,20+,21?,25-,26-/m0/s1. The lowest BCUT2D eigenvalue weighted by molar-refractivity contribution is -0.155. The van der Waals surface area contributed by atoms with E-state index in [1.54, 1.807) is 21.6 Å². The summed E-state index contributed by atoms with van der Waals surface area (Å²) in [6.07, 6.45) is 10.4. The Balaban J connectivity index is 1.92. The lowest BCUT2D eigenvalue weighted by atomic mass is 9.74. The number of thioether (sulfide) groups is 1. The molecule has 0 aromatic rings. The molecule has 0 aromatic carbocycles. The molecule has 0 aliphatic carbocycles. The molecule has 7 nitrogen and oxygen atoms in total. The Hall–Kier alpha value is -1.80. The van der Waals surface area contributed by atoms with Gasteiger partial charge < -0.3 is 19.6 Å². The van der Waals surface area contributed by atoms with Crippen LogP contribution in [0.2, 0.25) is 0 Å². The average Bonchev–Trinajstić information content (AvgIpc) is 3.13. The van der Waals surface area contributed by atoms with Crippen LogP contribution >= 0.6 is 11.8 Å². The predicted molar refractivity (Wildman–Crippen MR) is 132 cm³/mol. The van der Waals surface area contributed by atoms with Crippen LogP contribution in [0.25, 0.3) is 0 Å².